The third-order valence-corrected chi connectivity index (χ3v) is 4.88. The molecule has 0 aliphatic carbocycles. The predicted molar refractivity (Wildman–Crippen MR) is 95.5 cm³/mol. The minimum absolute atomic E-state index is 0.103. The van der Waals surface area contributed by atoms with E-state index in [0.29, 0.717) is 31.0 Å². The summed E-state index contributed by atoms with van der Waals surface area (Å²) in [5.41, 5.74) is 2.87. The first-order valence-corrected chi connectivity index (χ1v) is 8.71. The lowest BCUT2D eigenvalue weighted by atomic mass is 10.2. The van der Waals surface area contributed by atoms with Crippen molar-refractivity contribution in [3.05, 3.63) is 58.1 Å². The fourth-order valence-corrected chi connectivity index (χ4v) is 3.46. The minimum Gasteiger partial charge on any atom is -0.354 e. The molecule has 3 aromatic rings. The Labute approximate surface area is 152 Å². The van der Waals surface area contributed by atoms with Gasteiger partial charge < -0.3 is 14.8 Å². The van der Waals surface area contributed by atoms with Crippen LogP contribution < -0.4 is 5.32 Å². The second-order valence-electron chi connectivity index (χ2n) is 5.91. The third kappa shape index (κ3) is 2.72. The number of nitrogens with one attached hydrogen (secondary N) is 1. The molecule has 3 aromatic heterocycles. The van der Waals surface area contributed by atoms with Gasteiger partial charge in [0.25, 0.3) is 11.8 Å². The molecule has 0 spiro atoms. The van der Waals surface area contributed by atoms with Crippen LogP contribution in [0, 0.1) is 0 Å². The van der Waals surface area contributed by atoms with Crippen molar-refractivity contribution >= 4 is 33.3 Å². The first kappa shape index (κ1) is 15.9. The zero-order valence-corrected chi connectivity index (χ0v) is 15.2. The van der Waals surface area contributed by atoms with Gasteiger partial charge in [-0.15, -0.1) is 0 Å². The Bertz CT molecular complexity index is 990. The van der Waals surface area contributed by atoms with Crippen molar-refractivity contribution in [3.8, 4) is 0 Å². The van der Waals surface area contributed by atoms with Crippen LogP contribution >= 0.6 is 15.9 Å². The monoisotopic (exact) mass is 401 g/mol. The summed E-state index contributed by atoms with van der Waals surface area (Å²) in [4.78, 5) is 26.5. The van der Waals surface area contributed by atoms with E-state index in [1.54, 1.807) is 28.6 Å². The molecular formula is C17H16BrN5O2. The van der Waals surface area contributed by atoms with Crippen LogP contribution in [0.25, 0.3) is 5.52 Å². The SMILES string of the molecule is CNC(=O)c1ccc2n1CCN(C(=O)c1cc3ccc(Br)cn3n1)C2. The van der Waals surface area contributed by atoms with Gasteiger partial charge in [0.05, 0.1) is 12.1 Å². The maximum Gasteiger partial charge on any atom is 0.274 e. The number of hydrogen-bond acceptors (Lipinski definition) is 3. The number of pyridine rings is 1. The van der Waals surface area contributed by atoms with Gasteiger partial charge in [0, 0.05) is 36.5 Å². The molecule has 4 heterocycles. The highest BCUT2D eigenvalue weighted by Crippen LogP contribution is 2.20. The lowest BCUT2D eigenvalue weighted by molar-refractivity contribution is 0.0703. The molecule has 2 amide bonds. The third-order valence-electron chi connectivity index (χ3n) is 4.41. The van der Waals surface area contributed by atoms with Crippen LogP contribution in [-0.2, 0) is 13.1 Å². The molecule has 4 rings (SSSR count). The second kappa shape index (κ2) is 6.03. The number of fused-ring (bicyclic) bond motifs is 2. The fourth-order valence-electron chi connectivity index (χ4n) is 3.14. The van der Waals surface area contributed by atoms with Crippen molar-refractivity contribution in [2.75, 3.05) is 13.6 Å². The summed E-state index contributed by atoms with van der Waals surface area (Å²) < 4.78 is 4.55. The van der Waals surface area contributed by atoms with E-state index in [-0.39, 0.29) is 11.8 Å². The van der Waals surface area contributed by atoms with Crippen LogP contribution in [0.1, 0.15) is 26.7 Å². The average Bonchev–Trinajstić information content (AvgIpc) is 3.23. The van der Waals surface area contributed by atoms with E-state index in [4.69, 9.17) is 0 Å². The van der Waals surface area contributed by atoms with Gasteiger partial charge in [0.2, 0.25) is 0 Å². The van der Waals surface area contributed by atoms with Gasteiger partial charge >= 0.3 is 0 Å². The summed E-state index contributed by atoms with van der Waals surface area (Å²) in [5, 5.41) is 7.02. The molecule has 8 heteroatoms. The normalized spacial score (nSPS) is 13.8. The second-order valence-corrected chi connectivity index (χ2v) is 6.83. The number of amides is 2. The summed E-state index contributed by atoms with van der Waals surface area (Å²) in [7, 11) is 1.61. The van der Waals surface area contributed by atoms with Crippen LogP contribution in [0.5, 0.6) is 0 Å². The quantitative estimate of drug-likeness (QED) is 0.712. The highest BCUT2D eigenvalue weighted by atomic mass is 79.9. The number of carbonyl (C=O) groups is 2. The Morgan fingerprint density at radius 1 is 1.20 bits per heavy atom. The maximum absolute atomic E-state index is 12.8. The zero-order valence-electron chi connectivity index (χ0n) is 13.6. The number of halogens is 1. The minimum atomic E-state index is -0.114. The van der Waals surface area contributed by atoms with Gasteiger partial charge in [0.1, 0.15) is 5.69 Å². The molecule has 0 fully saturated rings. The fraction of sp³-hybridized carbons (Fsp3) is 0.235. The van der Waals surface area contributed by atoms with Crippen LogP contribution in [0.15, 0.2) is 41.0 Å². The van der Waals surface area contributed by atoms with Crippen molar-refractivity contribution in [3.63, 3.8) is 0 Å². The highest BCUT2D eigenvalue weighted by Gasteiger charge is 2.26. The molecule has 0 atom stereocenters. The van der Waals surface area contributed by atoms with Crippen molar-refractivity contribution in [2.45, 2.75) is 13.1 Å². The lowest BCUT2D eigenvalue weighted by Gasteiger charge is -2.28. The smallest absolute Gasteiger partial charge is 0.274 e. The van der Waals surface area contributed by atoms with E-state index in [1.165, 1.54) is 0 Å². The number of hydrogen-bond donors (Lipinski definition) is 1. The molecule has 0 aromatic carbocycles. The van der Waals surface area contributed by atoms with E-state index in [1.807, 2.05) is 29.0 Å². The highest BCUT2D eigenvalue weighted by molar-refractivity contribution is 9.10. The standard InChI is InChI=1S/C17H16BrN5O2/c1-19-16(24)15-5-4-13-10-21(6-7-22(13)15)17(25)14-8-12-3-2-11(18)9-23(12)20-14/h2-5,8-9H,6-7,10H2,1H3,(H,19,24). The summed E-state index contributed by atoms with van der Waals surface area (Å²) in [5.74, 6) is -0.217. The summed E-state index contributed by atoms with van der Waals surface area (Å²) in [6.45, 7) is 1.60. The average molecular weight is 402 g/mol. The first-order chi connectivity index (χ1) is 12.1. The van der Waals surface area contributed by atoms with Crippen molar-refractivity contribution in [1.29, 1.82) is 0 Å². The molecule has 1 aliphatic heterocycles. The van der Waals surface area contributed by atoms with E-state index < -0.39 is 0 Å². The molecule has 0 unspecified atom stereocenters. The number of aromatic nitrogens is 3. The number of nitrogens with zero attached hydrogens (tertiary/aromatic N) is 4. The topological polar surface area (TPSA) is 71.6 Å². The van der Waals surface area contributed by atoms with Gasteiger partial charge in [-0.2, -0.15) is 5.10 Å². The molecular weight excluding hydrogens is 386 g/mol. The summed E-state index contributed by atoms with van der Waals surface area (Å²) in [6.07, 6.45) is 1.82. The van der Waals surface area contributed by atoms with Crippen LogP contribution in [0.3, 0.4) is 0 Å². The predicted octanol–water partition coefficient (Wildman–Crippen LogP) is 1.91. The van der Waals surface area contributed by atoms with Gasteiger partial charge in [-0.1, -0.05) is 0 Å². The summed E-state index contributed by atoms with van der Waals surface area (Å²) >= 11 is 3.40. The van der Waals surface area contributed by atoms with E-state index in [9.17, 15) is 9.59 Å². The van der Waals surface area contributed by atoms with Gasteiger partial charge in [0.15, 0.2) is 5.69 Å². The summed E-state index contributed by atoms with van der Waals surface area (Å²) in [6, 6.07) is 9.30. The van der Waals surface area contributed by atoms with E-state index >= 15 is 0 Å². The molecule has 0 bridgehead atoms. The Hall–Kier alpha value is -2.61. The number of carbonyl (C=O) groups excluding carboxylic acids is 2. The molecule has 0 radical (unpaired) electrons. The van der Waals surface area contributed by atoms with Gasteiger partial charge in [-0.25, -0.2) is 4.52 Å². The van der Waals surface area contributed by atoms with Crippen LogP contribution in [-0.4, -0.2) is 44.5 Å². The molecule has 0 saturated heterocycles. The zero-order chi connectivity index (χ0) is 17.6. The van der Waals surface area contributed by atoms with Gasteiger partial charge in [-0.05, 0) is 46.3 Å². The number of rotatable bonds is 2. The van der Waals surface area contributed by atoms with Crippen LogP contribution in [0.2, 0.25) is 0 Å². The van der Waals surface area contributed by atoms with Crippen molar-refractivity contribution in [1.82, 2.24) is 24.4 Å². The van der Waals surface area contributed by atoms with E-state index in [2.05, 4.69) is 26.3 Å². The van der Waals surface area contributed by atoms with Crippen LogP contribution in [0.4, 0.5) is 0 Å². The molecule has 1 N–H and O–H groups in total. The molecule has 0 saturated carbocycles. The molecule has 7 nitrogen and oxygen atoms in total. The first-order valence-electron chi connectivity index (χ1n) is 7.91. The molecule has 25 heavy (non-hydrogen) atoms. The van der Waals surface area contributed by atoms with Gasteiger partial charge in [-0.3, -0.25) is 9.59 Å². The van der Waals surface area contributed by atoms with E-state index in [0.717, 1.165) is 15.7 Å². The molecule has 128 valence electrons. The Morgan fingerprint density at radius 2 is 2.04 bits per heavy atom. The Kier molecular flexibility index (Phi) is 3.84. The largest absolute Gasteiger partial charge is 0.354 e. The lowest BCUT2D eigenvalue weighted by Crippen LogP contribution is -2.39. The van der Waals surface area contributed by atoms with Crippen molar-refractivity contribution < 1.29 is 9.59 Å². The van der Waals surface area contributed by atoms with Crippen molar-refractivity contribution in [2.24, 2.45) is 0 Å². The Balaban J connectivity index is 1.59. The molecule has 1 aliphatic rings. The Morgan fingerprint density at radius 3 is 2.84 bits per heavy atom. The maximum atomic E-state index is 12.8.